The van der Waals surface area contributed by atoms with Crippen molar-refractivity contribution in [1.82, 2.24) is 0 Å². The van der Waals surface area contributed by atoms with E-state index in [4.69, 9.17) is 0 Å². The summed E-state index contributed by atoms with van der Waals surface area (Å²) in [6, 6.07) is 1.28. The molecule has 3 nitrogen and oxygen atoms in total. The molecule has 0 bridgehead atoms. The number of unbranched alkanes of at least 4 members (excludes halogenated alkanes) is 5. The summed E-state index contributed by atoms with van der Waals surface area (Å²) in [6.07, 6.45) is -4.69. The van der Waals surface area contributed by atoms with Crippen LogP contribution < -0.4 is 0 Å². The van der Waals surface area contributed by atoms with Crippen molar-refractivity contribution in [2.45, 2.75) is 83.0 Å². The maximum atomic E-state index is 12.9. The third kappa shape index (κ3) is 9.35. The van der Waals surface area contributed by atoms with Crippen LogP contribution in [0.3, 0.4) is 0 Å². The number of rotatable bonds is 11. The second-order valence-corrected chi connectivity index (χ2v) is 7.39. The van der Waals surface area contributed by atoms with Crippen LogP contribution in [0.15, 0.2) is 18.2 Å². The van der Waals surface area contributed by atoms with Crippen molar-refractivity contribution in [3.05, 3.63) is 34.9 Å². The number of hydrogen-bond donors (Lipinski definition) is 3. The molecule has 168 valence electrons. The SMILES string of the molecule is CCCCCCCCC(CCc1cc(C(F)(F)F)cc(C(F)(F)F)c1)C(O)(O)O. The fourth-order valence-corrected chi connectivity index (χ4v) is 3.21. The molecular formula is C20H28F6O3. The van der Waals surface area contributed by atoms with Crippen LogP contribution in [0.5, 0.6) is 0 Å². The first-order valence-corrected chi connectivity index (χ1v) is 9.70. The zero-order valence-electron chi connectivity index (χ0n) is 16.3. The summed E-state index contributed by atoms with van der Waals surface area (Å²) in [5.74, 6) is -4.13. The smallest absolute Gasteiger partial charge is 0.343 e. The molecule has 0 radical (unpaired) electrons. The van der Waals surface area contributed by atoms with Crippen molar-refractivity contribution in [3.63, 3.8) is 0 Å². The minimum absolute atomic E-state index is 0.0473. The summed E-state index contributed by atoms with van der Waals surface area (Å²) in [5, 5.41) is 28.5. The van der Waals surface area contributed by atoms with Crippen LogP contribution in [0.4, 0.5) is 26.3 Å². The lowest BCUT2D eigenvalue weighted by molar-refractivity contribution is -0.343. The molecule has 9 heteroatoms. The van der Waals surface area contributed by atoms with Gasteiger partial charge in [0.1, 0.15) is 0 Å². The summed E-state index contributed by atoms with van der Waals surface area (Å²) in [5.41, 5.74) is -3.07. The summed E-state index contributed by atoms with van der Waals surface area (Å²) >= 11 is 0. The van der Waals surface area contributed by atoms with Gasteiger partial charge < -0.3 is 15.3 Å². The van der Waals surface area contributed by atoms with E-state index in [0.717, 1.165) is 32.1 Å². The van der Waals surface area contributed by atoms with Crippen molar-refractivity contribution in [3.8, 4) is 0 Å². The average Bonchev–Trinajstić information content (AvgIpc) is 2.57. The normalized spacial score (nSPS) is 14.3. The fourth-order valence-electron chi connectivity index (χ4n) is 3.21. The number of aliphatic hydroxyl groups is 3. The number of alkyl halides is 6. The van der Waals surface area contributed by atoms with E-state index in [1.165, 1.54) is 0 Å². The predicted molar refractivity (Wildman–Crippen MR) is 95.6 cm³/mol. The molecule has 0 saturated carbocycles. The highest BCUT2D eigenvalue weighted by Crippen LogP contribution is 2.37. The number of hydrogen-bond acceptors (Lipinski definition) is 3. The first kappa shape index (κ1) is 25.7. The van der Waals surface area contributed by atoms with Gasteiger partial charge in [-0.1, -0.05) is 45.4 Å². The Labute approximate surface area is 166 Å². The molecule has 0 spiro atoms. The van der Waals surface area contributed by atoms with Crippen molar-refractivity contribution in [2.75, 3.05) is 0 Å². The highest BCUT2D eigenvalue weighted by Gasteiger charge is 2.37. The molecule has 3 N–H and O–H groups in total. The topological polar surface area (TPSA) is 60.7 Å². The second kappa shape index (κ2) is 10.6. The lowest BCUT2D eigenvalue weighted by Gasteiger charge is -2.26. The van der Waals surface area contributed by atoms with Gasteiger partial charge in [-0.05, 0) is 43.0 Å². The summed E-state index contributed by atoms with van der Waals surface area (Å²) in [4.78, 5) is 0. The molecule has 0 fully saturated rings. The Kier molecular flexibility index (Phi) is 9.43. The summed E-state index contributed by atoms with van der Waals surface area (Å²) in [6.45, 7) is 2.06. The molecule has 0 aliphatic heterocycles. The summed E-state index contributed by atoms with van der Waals surface area (Å²) < 4.78 is 77.6. The van der Waals surface area contributed by atoms with E-state index in [2.05, 4.69) is 6.92 Å². The van der Waals surface area contributed by atoms with Gasteiger partial charge >= 0.3 is 12.4 Å². The second-order valence-electron chi connectivity index (χ2n) is 7.39. The number of halogens is 6. The zero-order chi connectivity index (χ0) is 22.3. The van der Waals surface area contributed by atoms with E-state index >= 15 is 0 Å². The Morgan fingerprint density at radius 3 is 1.66 bits per heavy atom. The van der Waals surface area contributed by atoms with Gasteiger partial charge in [0, 0.05) is 5.92 Å². The molecule has 29 heavy (non-hydrogen) atoms. The zero-order valence-corrected chi connectivity index (χ0v) is 16.3. The van der Waals surface area contributed by atoms with Crippen LogP contribution in [-0.2, 0) is 18.8 Å². The van der Waals surface area contributed by atoms with Crippen LogP contribution in [-0.4, -0.2) is 21.3 Å². The van der Waals surface area contributed by atoms with Gasteiger partial charge in [0.15, 0.2) is 0 Å². The van der Waals surface area contributed by atoms with E-state index in [9.17, 15) is 41.7 Å². The van der Waals surface area contributed by atoms with Crippen LogP contribution in [0.1, 0.15) is 75.0 Å². The Balaban J connectivity index is 2.85. The molecular weight excluding hydrogens is 402 g/mol. The maximum Gasteiger partial charge on any atom is 0.416 e. The first-order chi connectivity index (χ1) is 13.2. The summed E-state index contributed by atoms with van der Waals surface area (Å²) in [7, 11) is 0. The van der Waals surface area contributed by atoms with Gasteiger partial charge in [0.25, 0.3) is 5.97 Å². The van der Waals surface area contributed by atoms with Crippen molar-refractivity contribution in [1.29, 1.82) is 0 Å². The molecule has 0 aliphatic carbocycles. The van der Waals surface area contributed by atoms with E-state index < -0.39 is 35.4 Å². The van der Waals surface area contributed by atoms with E-state index in [0.29, 0.717) is 18.6 Å². The van der Waals surface area contributed by atoms with E-state index in [-0.39, 0.29) is 30.9 Å². The third-order valence-corrected chi connectivity index (χ3v) is 4.88. The number of aryl methyl sites for hydroxylation is 1. The quantitative estimate of drug-likeness (QED) is 0.241. The van der Waals surface area contributed by atoms with E-state index in [1.807, 2.05) is 0 Å². The van der Waals surface area contributed by atoms with Crippen LogP contribution in [0, 0.1) is 5.92 Å². The van der Waals surface area contributed by atoms with Gasteiger partial charge in [-0.15, -0.1) is 0 Å². The molecule has 1 rings (SSSR count). The molecule has 1 unspecified atom stereocenters. The van der Waals surface area contributed by atoms with Crippen molar-refractivity contribution >= 4 is 0 Å². The third-order valence-electron chi connectivity index (χ3n) is 4.88. The van der Waals surface area contributed by atoms with Crippen molar-refractivity contribution < 1.29 is 41.7 Å². The monoisotopic (exact) mass is 430 g/mol. The Hall–Kier alpha value is -1.32. The highest BCUT2D eigenvalue weighted by atomic mass is 19.4. The average molecular weight is 430 g/mol. The van der Waals surface area contributed by atoms with E-state index in [1.54, 1.807) is 0 Å². The molecule has 1 aromatic carbocycles. The molecule has 1 aromatic rings. The van der Waals surface area contributed by atoms with Crippen LogP contribution in [0.25, 0.3) is 0 Å². The molecule has 1 atom stereocenters. The number of benzene rings is 1. The lowest BCUT2D eigenvalue weighted by atomic mass is 9.90. The van der Waals surface area contributed by atoms with Gasteiger partial charge in [0.05, 0.1) is 11.1 Å². The molecule has 0 amide bonds. The first-order valence-electron chi connectivity index (χ1n) is 9.70. The highest BCUT2D eigenvalue weighted by molar-refractivity contribution is 5.33. The van der Waals surface area contributed by atoms with Crippen molar-refractivity contribution in [2.24, 2.45) is 5.92 Å². The van der Waals surface area contributed by atoms with Gasteiger partial charge in [-0.3, -0.25) is 0 Å². The standard InChI is InChI=1S/C20H28F6O3/c1-2-3-4-5-6-7-8-15(20(27,28)29)10-9-14-11-16(18(21,22)23)13-17(12-14)19(24,25)26/h11-13,15,27-29H,2-10H2,1H3. The van der Waals surface area contributed by atoms with Crippen LogP contribution in [0.2, 0.25) is 0 Å². The Bertz CT molecular complexity index is 588. The Morgan fingerprint density at radius 1 is 0.724 bits per heavy atom. The van der Waals surface area contributed by atoms with Gasteiger partial charge in [-0.25, -0.2) is 0 Å². The minimum Gasteiger partial charge on any atom is -0.343 e. The Morgan fingerprint density at radius 2 is 1.21 bits per heavy atom. The fraction of sp³-hybridized carbons (Fsp3) is 0.700. The van der Waals surface area contributed by atoms with Gasteiger partial charge in [0.2, 0.25) is 0 Å². The predicted octanol–water partition coefficient (Wildman–Crippen LogP) is 5.65. The largest absolute Gasteiger partial charge is 0.416 e. The molecule has 0 aliphatic rings. The molecule has 0 saturated heterocycles. The van der Waals surface area contributed by atoms with Crippen LogP contribution >= 0.6 is 0 Å². The minimum atomic E-state index is -4.94. The molecule has 0 aromatic heterocycles. The van der Waals surface area contributed by atoms with Gasteiger partial charge in [-0.2, -0.15) is 26.3 Å². The molecule has 0 heterocycles. The maximum absolute atomic E-state index is 12.9. The lowest BCUT2D eigenvalue weighted by Crippen LogP contribution is -2.37.